The molecule has 4 heteroatoms. The molecule has 1 atom stereocenters. The van der Waals surface area contributed by atoms with E-state index in [1.165, 1.54) is 16.0 Å². The Labute approximate surface area is 152 Å². The fraction of sp³-hybridized carbons (Fsp3) is 0.190. The van der Waals surface area contributed by atoms with Crippen LogP contribution in [0, 0.1) is 6.92 Å². The lowest BCUT2D eigenvalue weighted by Crippen LogP contribution is -2.87. The fourth-order valence-electron chi connectivity index (χ4n) is 2.84. The van der Waals surface area contributed by atoms with Crippen molar-refractivity contribution in [1.82, 2.24) is 5.32 Å². The van der Waals surface area contributed by atoms with Crippen molar-refractivity contribution >= 4 is 17.2 Å². The summed E-state index contributed by atoms with van der Waals surface area (Å²) in [5, 5.41) is 7.21. The lowest BCUT2D eigenvalue weighted by molar-refractivity contribution is -0.676. The van der Waals surface area contributed by atoms with Crippen LogP contribution >= 0.6 is 11.3 Å². The van der Waals surface area contributed by atoms with E-state index in [9.17, 15) is 4.79 Å². The van der Waals surface area contributed by atoms with Crippen LogP contribution in [-0.2, 0) is 11.3 Å². The molecule has 0 aliphatic rings. The molecular formula is C21H23N2OS+. The zero-order valence-electron chi connectivity index (χ0n) is 14.3. The predicted octanol–water partition coefficient (Wildman–Crippen LogP) is 3.03. The highest BCUT2D eigenvalue weighted by Crippen LogP contribution is 2.22. The Morgan fingerprint density at radius 1 is 1.04 bits per heavy atom. The number of benzene rings is 2. The average molecular weight is 351 g/mol. The van der Waals surface area contributed by atoms with Crippen molar-refractivity contribution in [2.75, 3.05) is 6.54 Å². The summed E-state index contributed by atoms with van der Waals surface area (Å²) in [6, 6.07) is 22.8. The Balaban J connectivity index is 1.60. The number of amides is 1. The second kappa shape index (κ2) is 8.60. The number of nitrogens with one attached hydrogen (secondary N) is 1. The van der Waals surface area contributed by atoms with E-state index in [1.807, 2.05) is 30.3 Å². The third-order valence-electron chi connectivity index (χ3n) is 4.28. The van der Waals surface area contributed by atoms with Crippen LogP contribution in [0.25, 0.3) is 0 Å². The lowest BCUT2D eigenvalue weighted by atomic mass is 10.1. The van der Waals surface area contributed by atoms with Gasteiger partial charge in [-0.05, 0) is 29.5 Å². The molecule has 1 aromatic heterocycles. The molecule has 3 rings (SSSR count). The highest BCUT2D eigenvalue weighted by molar-refractivity contribution is 7.10. The molecule has 1 amide bonds. The number of aryl methyl sites for hydroxylation is 1. The molecule has 1 heterocycles. The molecule has 0 bridgehead atoms. The van der Waals surface area contributed by atoms with Crippen LogP contribution < -0.4 is 10.6 Å². The van der Waals surface area contributed by atoms with Gasteiger partial charge in [0.2, 0.25) is 0 Å². The van der Waals surface area contributed by atoms with Gasteiger partial charge in [0, 0.05) is 12.1 Å². The topological polar surface area (TPSA) is 45.7 Å². The Hall–Kier alpha value is -2.43. The van der Waals surface area contributed by atoms with Crippen molar-refractivity contribution in [3.8, 4) is 0 Å². The molecule has 0 unspecified atom stereocenters. The van der Waals surface area contributed by atoms with E-state index in [0.29, 0.717) is 13.1 Å². The molecule has 0 aliphatic heterocycles. The molecule has 3 aromatic rings. The molecule has 25 heavy (non-hydrogen) atoms. The molecule has 0 radical (unpaired) electrons. The van der Waals surface area contributed by atoms with Gasteiger partial charge in [-0.25, -0.2) is 0 Å². The van der Waals surface area contributed by atoms with Gasteiger partial charge in [-0.2, -0.15) is 0 Å². The van der Waals surface area contributed by atoms with Gasteiger partial charge in [0.1, 0.15) is 6.04 Å². The Bertz CT molecular complexity index is 800. The van der Waals surface area contributed by atoms with Gasteiger partial charge in [0.15, 0.2) is 6.54 Å². The number of nitrogens with two attached hydrogens (primary N) is 1. The van der Waals surface area contributed by atoms with Crippen LogP contribution in [0.15, 0.2) is 72.1 Å². The summed E-state index contributed by atoms with van der Waals surface area (Å²) in [5.41, 5.74) is 3.58. The van der Waals surface area contributed by atoms with Crippen molar-refractivity contribution in [2.24, 2.45) is 0 Å². The smallest absolute Gasteiger partial charge is 0.275 e. The Morgan fingerprint density at radius 2 is 1.80 bits per heavy atom. The molecule has 0 spiro atoms. The van der Waals surface area contributed by atoms with E-state index in [-0.39, 0.29) is 11.9 Å². The maximum atomic E-state index is 12.3. The SMILES string of the molecule is Cc1ccccc1CNC(=O)C[NH2+][C@H](c1ccccc1)c1cccs1. The normalized spacial score (nSPS) is 11.9. The van der Waals surface area contributed by atoms with Crippen molar-refractivity contribution < 1.29 is 10.1 Å². The Kier molecular flexibility index (Phi) is 5.99. The number of thiophene rings is 1. The molecule has 128 valence electrons. The molecule has 0 saturated heterocycles. The van der Waals surface area contributed by atoms with Crippen LogP contribution in [0.3, 0.4) is 0 Å². The highest BCUT2D eigenvalue weighted by atomic mass is 32.1. The second-order valence-electron chi connectivity index (χ2n) is 6.05. The van der Waals surface area contributed by atoms with E-state index in [2.05, 4.69) is 59.3 Å². The summed E-state index contributed by atoms with van der Waals surface area (Å²) in [7, 11) is 0. The summed E-state index contributed by atoms with van der Waals surface area (Å²) in [4.78, 5) is 13.6. The van der Waals surface area contributed by atoms with Crippen LogP contribution in [0.2, 0.25) is 0 Å². The van der Waals surface area contributed by atoms with Gasteiger partial charge < -0.3 is 10.6 Å². The van der Waals surface area contributed by atoms with E-state index >= 15 is 0 Å². The van der Waals surface area contributed by atoms with Gasteiger partial charge in [0.05, 0.1) is 4.88 Å². The zero-order valence-corrected chi connectivity index (χ0v) is 15.1. The first-order valence-corrected chi connectivity index (χ1v) is 9.35. The number of rotatable bonds is 7. The number of hydrogen-bond donors (Lipinski definition) is 2. The zero-order chi connectivity index (χ0) is 17.5. The summed E-state index contributed by atoms with van der Waals surface area (Å²) in [6.45, 7) is 3.05. The van der Waals surface area contributed by atoms with Crippen molar-refractivity contribution in [1.29, 1.82) is 0 Å². The molecule has 0 saturated carbocycles. The van der Waals surface area contributed by atoms with Crippen molar-refractivity contribution in [3.05, 3.63) is 93.7 Å². The predicted molar refractivity (Wildman–Crippen MR) is 102 cm³/mol. The van der Waals surface area contributed by atoms with E-state index in [0.717, 1.165) is 5.56 Å². The van der Waals surface area contributed by atoms with Gasteiger partial charge in [-0.3, -0.25) is 4.79 Å². The number of carbonyl (C=O) groups is 1. The first-order chi connectivity index (χ1) is 12.2. The largest absolute Gasteiger partial charge is 0.347 e. The molecule has 0 aliphatic carbocycles. The molecule has 2 aromatic carbocycles. The van der Waals surface area contributed by atoms with Crippen LogP contribution in [0.4, 0.5) is 0 Å². The quantitative estimate of drug-likeness (QED) is 0.675. The Morgan fingerprint density at radius 3 is 2.52 bits per heavy atom. The van der Waals surface area contributed by atoms with E-state index in [1.54, 1.807) is 11.3 Å². The first kappa shape index (κ1) is 17.4. The lowest BCUT2D eigenvalue weighted by Gasteiger charge is -2.15. The van der Waals surface area contributed by atoms with Crippen LogP contribution in [0.1, 0.15) is 27.6 Å². The second-order valence-corrected chi connectivity index (χ2v) is 7.03. The van der Waals surface area contributed by atoms with Gasteiger partial charge in [-0.15, -0.1) is 11.3 Å². The summed E-state index contributed by atoms with van der Waals surface area (Å²) < 4.78 is 0. The van der Waals surface area contributed by atoms with Gasteiger partial charge >= 0.3 is 0 Å². The fourth-order valence-corrected chi connectivity index (χ4v) is 3.69. The highest BCUT2D eigenvalue weighted by Gasteiger charge is 2.19. The number of hydrogen-bond acceptors (Lipinski definition) is 2. The van der Waals surface area contributed by atoms with Crippen LogP contribution in [0.5, 0.6) is 0 Å². The third kappa shape index (κ3) is 4.78. The minimum absolute atomic E-state index is 0.0562. The molecular weight excluding hydrogens is 328 g/mol. The molecule has 3 nitrogen and oxygen atoms in total. The van der Waals surface area contributed by atoms with Crippen molar-refractivity contribution in [3.63, 3.8) is 0 Å². The van der Waals surface area contributed by atoms with Gasteiger partial charge in [-0.1, -0.05) is 60.7 Å². The van der Waals surface area contributed by atoms with E-state index < -0.39 is 0 Å². The molecule has 0 fully saturated rings. The maximum Gasteiger partial charge on any atom is 0.275 e. The maximum absolute atomic E-state index is 12.3. The third-order valence-corrected chi connectivity index (χ3v) is 5.24. The van der Waals surface area contributed by atoms with Crippen LogP contribution in [-0.4, -0.2) is 12.5 Å². The summed E-state index contributed by atoms with van der Waals surface area (Å²) in [5.74, 6) is 0.0562. The minimum atomic E-state index is 0.0562. The average Bonchev–Trinajstić information content (AvgIpc) is 3.16. The number of carbonyl (C=O) groups excluding carboxylic acids is 1. The minimum Gasteiger partial charge on any atom is -0.347 e. The monoisotopic (exact) mass is 351 g/mol. The van der Waals surface area contributed by atoms with E-state index in [4.69, 9.17) is 0 Å². The summed E-state index contributed by atoms with van der Waals surface area (Å²) in [6.07, 6.45) is 0. The first-order valence-electron chi connectivity index (χ1n) is 8.47. The van der Waals surface area contributed by atoms with Crippen molar-refractivity contribution in [2.45, 2.75) is 19.5 Å². The van der Waals surface area contributed by atoms with Gasteiger partial charge in [0.25, 0.3) is 5.91 Å². The standard InChI is InChI=1S/C21H22N2OS/c1-16-8-5-6-11-18(16)14-22-20(24)15-23-21(19-12-7-13-25-19)17-9-3-2-4-10-17/h2-13,21,23H,14-15H2,1H3,(H,22,24)/p+1/t21-/m1/s1. The summed E-state index contributed by atoms with van der Waals surface area (Å²) >= 11 is 1.73. The number of quaternary nitrogens is 1. The molecule has 3 N–H and O–H groups in total.